The van der Waals surface area contributed by atoms with Crippen molar-refractivity contribution in [2.75, 3.05) is 17.2 Å². The second-order valence-electron chi connectivity index (χ2n) is 4.17. The van der Waals surface area contributed by atoms with E-state index in [1.807, 2.05) is 12.1 Å². The zero-order valence-electron chi connectivity index (χ0n) is 10.2. The van der Waals surface area contributed by atoms with Gasteiger partial charge >= 0.3 is 0 Å². The highest BCUT2D eigenvalue weighted by Gasteiger charge is 2.12. The minimum atomic E-state index is 0.412. The van der Waals surface area contributed by atoms with E-state index in [2.05, 4.69) is 31.7 Å². The normalized spacial score (nSPS) is 10.2. The van der Waals surface area contributed by atoms with Crippen molar-refractivity contribution in [2.24, 2.45) is 0 Å². The van der Waals surface area contributed by atoms with Crippen LogP contribution in [0.2, 0.25) is 0 Å². The molecule has 0 saturated heterocycles. The Bertz CT molecular complexity index is 391. The Morgan fingerprint density at radius 2 is 2.12 bits per heavy atom. The molecule has 0 aliphatic rings. The number of nitrogens with two attached hydrogens (primary N) is 1. The number of anilines is 2. The van der Waals surface area contributed by atoms with Gasteiger partial charge in [-0.1, -0.05) is 6.92 Å². The van der Waals surface area contributed by atoms with Gasteiger partial charge in [0.15, 0.2) is 0 Å². The first kappa shape index (κ1) is 12.4. The van der Waals surface area contributed by atoms with Gasteiger partial charge in [0.05, 0.1) is 23.0 Å². The second kappa shape index (κ2) is 5.41. The van der Waals surface area contributed by atoms with Crippen LogP contribution in [0.3, 0.4) is 0 Å². The number of nitriles is 1. The van der Waals surface area contributed by atoms with Crippen LogP contribution < -0.4 is 10.6 Å². The summed E-state index contributed by atoms with van der Waals surface area (Å²) < 4.78 is 0. The van der Waals surface area contributed by atoms with Crippen LogP contribution in [0.1, 0.15) is 32.8 Å². The maximum atomic E-state index is 8.78. The molecule has 0 spiro atoms. The molecule has 0 saturated carbocycles. The van der Waals surface area contributed by atoms with Gasteiger partial charge in [-0.2, -0.15) is 5.26 Å². The van der Waals surface area contributed by atoms with Crippen LogP contribution in [0.25, 0.3) is 0 Å². The van der Waals surface area contributed by atoms with E-state index >= 15 is 0 Å². The fourth-order valence-corrected chi connectivity index (χ4v) is 1.78. The van der Waals surface area contributed by atoms with Crippen molar-refractivity contribution >= 4 is 11.4 Å². The van der Waals surface area contributed by atoms with Crippen molar-refractivity contribution in [3.63, 3.8) is 0 Å². The summed E-state index contributed by atoms with van der Waals surface area (Å²) in [6.45, 7) is 7.42. The van der Waals surface area contributed by atoms with Gasteiger partial charge in [0, 0.05) is 12.6 Å². The summed E-state index contributed by atoms with van der Waals surface area (Å²) in [5, 5.41) is 8.78. The van der Waals surface area contributed by atoms with E-state index in [-0.39, 0.29) is 0 Å². The molecule has 0 unspecified atom stereocenters. The predicted molar refractivity (Wildman–Crippen MR) is 68.3 cm³/mol. The molecule has 3 heteroatoms. The molecule has 0 aliphatic heterocycles. The van der Waals surface area contributed by atoms with Gasteiger partial charge < -0.3 is 10.6 Å². The van der Waals surface area contributed by atoms with Crippen LogP contribution in [0.4, 0.5) is 11.4 Å². The molecule has 1 aromatic carbocycles. The third-order valence-corrected chi connectivity index (χ3v) is 2.55. The summed E-state index contributed by atoms with van der Waals surface area (Å²) in [4.78, 5) is 2.26. The Morgan fingerprint density at radius 3 is 2.56 bits per heavy atom. The Kier molecular flexibility index (Phi) is 4.19. The predicted octanol–water partition coefficient (Wildman–Crippen LogP) is 2.77. The fraction of sp³-hybridized carbons (Fsp3) is 0.462. The number of rotatable bonds is 4. The minimum absolute atomic E-state index is 0.412. The van der Waals surface area contributed by atoms with Crippen LogP contribution in [-0.4, -0.2) is 12.6 Å². The first-order chi connectivity index (χ1) is 7.60. The van der Waals surface area contributed by atoms with Crippen molar-refractivity contribution in [3.05, 3.63) is 23.8 Å². The van der Waals surface area contributed by atoms with Gasteiger partial charge in [0.1, 0.15) is 0 Å². The lowest BCUT2D eigenvalue weighted by atomic mass is 10.1. The monoisotopic (exact) mass is 217 g/mol. The SMILES string of the molecule is CCCN(c1ccc(C#N)cc1N)C(C)C. The molecule has 1 aromatic rings. The van der Waals surface area contributed by atoms with Crippen molar-refractivity contribution in [1.82, 2.24) is 0 Å². The highest BCUT2D eigenvalue weighted by atomic mass is 15.2. The number of nitrogen functional groups attached to an aromatic ring is 1. The van der Waals surface area contributed by atoms with E-state index < -0.39 is 0 Å². The quantitative estimate of drug-likeness (QED) is 0.789. The number of nitrogens with zero attached hydrogens (tertiary/aromatic N) is 2. The van der Waals surface area contributed by atoms with E-state index in [1.54, 1.807) is 6.07 Å². The Balaban J connectivity index is 3.06. The molecule has 0 bridgehead atoms. The van der Waals surface area contributed by atoms with Crippen LogP contribution in [0.5, 0.6) is 0 Å². The van der Waals surface area contributed by atoms with E-state index in [4.69, 9.17) is 11.0 Å². The Hall–Kier alpha value is -1.69. The largest absolute Gasteiger partial charge is 0.397 e. The highest BCUT2D eigenvalue weighted by Crippen LogP contribution is 2.26. The maximum Gasteiger partial charge on any atom is 0.0992 e. The van der Waals surface area contributed by atoms with Gasteiger partial charge in [-0.05, 0) is 38.5 Å². The van der Waals surface area contributed by atoms with Gasteiger partial charge in [0.25, 0.3) is 0 Å². The average Bonchev–Trinajstić information content (AvgIpc) is 2.26. The average molecular weight is 217 g/mol. The molecule has 0 amide bonds. The van der Waals surface area contributed by atoms with Crippen LogP contribution in [-0.2, 0) is 0 Å². The third kappa shape index (κ3) is 2.66. The molecule has 16 heavy (non-hydrogen) atoms. The first-order valence-corrected chi connectivity index (χ1v) is 5.66. The number of hydrogen-bond acceptors (Lipinski definition) is 3. The molecule has 0 aromatic heterocycles. The standard InChI is InChI=1S/C13H19N3/c1-4-7-16(10(2)3)13-6-5-11(9-14)8-12(13)15/h5-6,8,10H,4,7,15H2,1-3H3. The molecule has 86 valence electrons. The number of benzene rings is 1. The molecular formula is C13H19N3. The topological polar surface area (TPSA) is 53.0 Å². The van der Waals surface area contributed by atoms with Crippen molar-refractivity contribution < 1.29 is 0 Å². The molecule has 0 heterocycles. The van der Waals surface area contributed by atoms with Crippen LogP contribution in [0.15, 0.2) is 18.2 Å². The first-order valence-electron chi connectivity index (χ1n) is 5.66. The van der Waals surface area contributed by atoms with Crippen molar-refractivity contribution in [2.45, 2.75) is 33.2 Å². The summed E-state index contributed by atoms with van der Waals surface area (Å²) >= 11 is 0. The van der Waals surface area contributed by atoms with Crippen molar-refractivity contribution in [1.29, 1.82) is 5.26 Å². The zero-order valence-corrected chi connectivity index (χ0v) is 10.2. The maximum absolute atomic E-state index is 8.78. The van der Waals surface area contributed by atoms with Crippen molar-refractivity contribution in [3.8, 4) is 6.07 Å². The molecule has 1 rings (SSSR count). The summed E-state index contributed by atoms with van der Waals surface area (Å²) in [5.74, 6) is 0. The smallest absolute Gasteiger partial charge is 0.0992 e. The molecule has 3 nitrogen and oxygen atoms in total. The van der Waals surface area contributed by atoms with Gasteiger partial charge in [0.2, 0.25) is 0 Å². The van der Waals surface area contributed by atoms with Gasteiger partial charge in [-0.15, -0.1) is 0 Å². The van der Waals surface area contributed by atoms with Crippen LogP contribution >= 0.6 is 0 Å². The van der Waals surface area contributed by atoms with Crippen LogP contribution in [0, 0.1) is 11.3 Å². The number of hydrogen-bond donors (Lipinski definition) is 1. The summed E-state index contributed by atoms with van der Waals surface area (Å²) in [6, 6.07) is 8.00. The highest BCUT2D eigenvalue weighted by molar-refractivity contribution is 5.69. The molecule has 0 radical (unpaired) electrons. The van der Waals surface area contributed by atoms with E-state index in [0.717, 1.165) is 18.7 Å². The fourth-order valence-electron chi connectivity index (χ4n) is 1.78. The minimum Gasteiger partial charge on any atom is -0.397 e. The van der Waals surface area contributed by atoms with E-state index in [0.29, 0.717) is 17.3 Å². The lowest BCUT2D eigenvalue weighted by Gasteiger charge is -2.29. The van der Waals surface area contributed by atoms with E-state index in [9.17, 15) is 0 Å². The molecule has 0 atom stereocenters. The van der Waals surface area contributed by atoms with E-state index in [1.165, 1.54) is 0 Å². The molecule has 0 aliphatic carbocycles. The lowest BCUT2D eigenvalue weighted by Crippen LogP contribution is -2.32. The molecule has 2 N–H and O–H groups in total. The van der Waals surface area contributed by atoms with Gasteiger partial charge in [-0.25, -0.2) is 0 Å². The molecule has 0 fully saturated rings. The lowest BCUT2D eigenvalue weighted by molar-refractivity contribution is 0.672. The summed E-state index contributed by atoms with van der Waals surface area (Å²) in [6.07, 6.45) is 1.08. The third-order valence-electron chi connectivity index (χ3n) is 2.55. The summed E-state index contributed by atoms with van der Waals surface area (Å²) in [5.41, 5.74) is 8.29. The Morgan fingerprint density at radius 1 is 1.44 bits per heavy atom. The summed E-state index contributed by atoms with van der Waals surface area (Å²) in [7, 11) is 0. The zero-order chi connectivity index (χ0) is 12.1. The van der Waals surface area contributed by atoms with Gasteiger partial charge in [-0.3, -0.25) is 0 Å². The molecular weight excluding hydrogens is 198 g/mol. The Labute approximate surface area is 97.5 Å². The second-order valence-corrected chi connectivity index (χ2v) is 4.17.